The molecule has 2 spiro atoms. The van der Waals surface area contributed by atoms with E-state index in [1.807, 2.05) is 0 Å². The van der Waals surface area contributed by atoms with Gasteiger partial charge in [0.15, 0.2) is 0 Å². The number of ether oxygens (including phenoxy) is 1. The number of ketones is 1. The van der Waals surface area contributed by atoms with E-state index in [-0.39, 0.29) is 22.4 Å². The van der Waals surface area contributed by atoms with Crippen LogP contribution in [0.5, 0.6) is 0 Å². The summed E-state index contributed by atoms with van der Waals surface area (Å²) in [7, 11) is 0. The zero-order valence-corrected chi connectivity index (χ0v) is 16.4. The Bertz CT molecular complexity index is 800. The first-order chi connectivity index (χ1) is 13.0. The first kappa shape index (κ1) is 16.6. The number of Topliss-reactive ketones (excluding diaryl/α,β-unsaturated/α-hetero) is 1. The SMILES string of the molecule is CC[C@]12CCC3C4=C(CCC3C1CC1(CC1)[C@@]21C=CC(=O)O1)CC(=O)CC4. The van der Waals surface area contributed by atoms with Crippen LogP contribution in [0.1, 0.15) is 77.6 Å². The molecule has 5 atom stereocenters. The lowest BCUT2D eigenvalue weighted by molar-refractivity contribution is -0.170. The second-order valence-electron chi connectivity index (χ2n) is 10.3. The average molecular weight is 367 g/mol. The molecule has 0 aromatic rings. The van der Waals surface area contributed by atoms with Crippen LogP contribution in [0.3, 0.4) is 0 Å². The maximum absolute atomic E-state index is 12.2. The zero-order valence-electron chi connectivity index (χ0n) is 16.4. The van der Waals surface area contributed by atoms with Crippen LogP contribution >= 0.6 is 0 Å². The van der Waals surface area contributed by atoms with Gasteiger partial charge in [-0.05, 0) is 81.6 Å². The number of rotatable bonds is 1. The number of carbonyl (C=O) groups is 2. The van der Waals surface area contributed by atoms with Crippen molar-refractivity contribution in [2.75, 3.05) is 0 Å². The first-order valence-corrected chi connectivity index (χ1v) is 11.2. The fraction of sp³-hybridized carbons (Fsp3) is 0.750. The van der Waals surface area contributed by atoms with Crippen LogP contribution in [-0.2, 0) is 14.3 Å². The predicted octanol–water partition coefficient (Wildman–Crippen LogP) is 4.90. The molecule has 0 amide bonds. The summed E-state index contributed by atoms with van der Waals surface area (Å²) in [5.41, 5.74) is 3.20. The average Bonchev–Trinajstić information content (AvgIpc) is 3.28. The van der Waals surface area contributed by atoms with Gasteiger partial charge in [0.1, 0.15) is 11.4 Å². The molecule has 6 aliphatic rings. The number of esters is 1. The van der Waals surface area contributed by atoms with E-state index >= 15 is 0 Å². The summed E-state index contributed by atoms with van der Waals surface area (Å²) in [4.78, 5) is 24.2. The topological polar surface area (TPSA) is 43.4 Å². The highest BCUT2D eigenvalue weighted by Crippen LogP contribution is 2.79. The van der Waals surface area contributed by atoms with Crippen molar-refractivity contribution in [2.45, 2.75) is 83.2 Å². The van der Waals surface area contributed by atoms with Crippen LogP contribution in [0.2, 0.25) is 0 Å². The molecule has 0 bridgehead atoms. The zero-order chi connectivity index (χ0) is 18.4. The van der Waals surface area contributed by atoms with E-state index in [1.54, 1.807) is 11.6 Å². The molecule has 0 aromatic heterocycles. The summed E-state index contributed by atoms with van der Waals surface area (Å²) < 4.78 is 6.25. The van der Waals surface area contributed by atoms with Crippen molar-refractivity contribution < 1.29 is 14.3 Å². The van der Waals surface area contributed by atoms with Crippen LogP contribution in [0.15, 0.2) is 23.3 Å². The molecule has 144 valence electrons. The van der Waals surface area contributed by atoms with Crippen molar-refractivity contribution in [2.24, 2.45) is 28.6 Å². The fourth-order valence-corrected chi connectivity index (χ4v) is 8.57. The van der Waals surface area contributed by atoms with Gasteiger partial charge in [0.05, 0.1) is 0 Å². The van der Waals surface area contributed by atoms with E-state index in [0.29, 0.717) is 17.6 Å². The molecule has 1 heterocycles. The summed E-state index contributed by atoms with van der Waals surface area (Å²) in [5.74, 6) is 2.43. The van der Waals surface area contributed by atoms with Gasteiger partial charge in [-0.25, -0.2) is 4.79 Å². The van der Waals surface area contributed by atoms with Crippen LogP contribution in [0.4, 0.5) is 0 Å². The summed E-state index contributed by atoms with van der Waals surface area (Å²) in [5, 5.41) is 0. The van der Waals surface area contributed by atoms with Gasteiger partial charge in [-0.2, -0.15) is 0 Å². The first-order valence-electron chi connectivity index (χ1n) is 11.2. The van der Waals surface area contributed by atoms with Gasteiger partial charge in [0, 0.05) is 29.7 Å². The molecule has 0 saturated heterocycles. The van der Waals surface area contributed by atoms with Gasteiger partial charge >= 0.3 is 5.97 Å². The smallest absolute Gasteiger partial charge is 0.331 e. The largest absolute Gasteiger partial charge is 0.450 e. The maximum atomic E-state index is 12.2. The molecule has 6 rings (SSSR count). The third kappa shape index (κ3) is 1.85. The quantitative estimate of drug-likeness (QED) is 0.489. The lowest BCUT2D eigenvalue weighted by atomic mass is 9.50. The molecular formula is C24H30O3. The van der Waals surface area contributed by atoms with Crippen molar-refractivity contribution in [1.29, 1.82) is 0 Å². The lowest BCUT2D eigenvalue weighted by Gasteiger charge is -2.55. The van der Waals surface area contributed by atoms with Crippen molar-refractivity contribution in [3.05, 3.63) is 23.3 Å². The minimum absolute atomic E-state index is 0.115. The number of allylic oxidation sites excluding steroid dienone is 2. The molecule has 3 heteroatoms. The predicted molar refractivity (Wildman–Crippen MR) is 102 cm³/mol. The van der Waals surface area contributed by atoms with E-state index in [4.69, 9.17) is 4.74 Å². The third-order valence-electron chi connectivity index (χ3n) is 9.75. The number of hydrogen-bond donors (Lipinski definition) is 0. The van der Waals surface area contributed by atoms with Gasteiger partial charge < -0.3 is 4.74 Å². The van der Waals surface area contributed by atoms with Crippen LogP contribution in [0.25, 0.3) is 0 Å². The van der Waals surface area contributed by atoms with Gasteiger partial charge in [0.2, 0.25) is 0 Å². The summed E-state index contributed by atoms with van der Waals surface area (Å²) in [6.45, 7) is 2.34. The Morgan fingerprint density at radius 2 is 1.96 bits per heavy atom. The van der Waals surface area contributed by atoms with E-state index in [0.717, 1.165) is 38.0 Å². The number of fused-ring (bicyclic) bond motifs is 6. The molecule has 5 aliphatic carbocycles. The molecule has 3 fully saturated rings. The van der Waals surface area contributed by atoms with Crippen molar-refractivity contribution in [1.82, 2.24) is 0 Å². The fourth-order valence-electron chi connectivity index (χ4n) is 8.57. The molecule has 1 aliphatic heterocycles. The summed E-state index contributed by atoms with van der Waals surface area (Å²) in [6, 6.07) is 0. The van der Waals surface area contributed by atoms with E-state index in [2.05, 4.69) is 13.0 Å². The Hall–Kier alpha value is -1.38. The molecule has 0 aromatic carbocycles. The Balaban J connectivity index is 1.42. The van der Waals surface area contributed by atoms with Crippen molar-refractivity contribution >= 4 is 11.8 Å². The van der Waals surface area contributed by atoms with E-state index < -0.39 is 0 Å². The molecule has 3 unspecified atom stereocenters. The Kier molecular flexibility index (Phi) is 3.16. The molecular weight excluding hydrogens is 336 g/mol. The van der Waals surface area contributed by atoms with Gasteiger partial charge in [-0.1, -0.05) is 18.1 Å². The van der Waals surface area contributed by atoms with E-state index in [1.165, 1.54) is 44.1 Å². The molecule has 27 heavy (non-hydrogen) atoms. The molecule has 0 radical (unpaired) electrons. The van der Waals surface area contributed by atoms with Crippen LogP contribution in [0, 0.1) is 28.6 Å². The number of hydrogen-bond acceptors (Lipinski definition) is 3. The Labute approximate surface area is 161 Å². The highest BCUT2D eigenvalue weighted by Gasteiger charge is 2.78. The van der Waals surface area contributed by atoms with Crippen LogP contribution < -0.4 is 0 Å². The third-order valence-corrected chi connectivity index (χ3v) is 9.75. The summed E-state index contributed by atoms with van der Waals surface area (Å²) in [6.07, 6.45) is 16.0. The Morgan fingerprint density at radius 1 is 1.11 bits per heavy atom. The molecule has 3 nitrogen and oxygen atoms in total. The summed E-state index contributed by atoms with van der Waals surface area (Å²) >= 11 is 0. The molecule has 3 saturated carbocycles. The standard InChI is InChI=1S/C24H30O3/c1-2-23-9-7-18-17-6-4-16(25)13-15(17)3-5-19(18)20(23)14-22(11-12-22)24(23)10-8-21(26)27-24/h8,10,18-20H,2-7,9,11-14H2,1H3/t18?,19?,20?,23-,24-/m0/s1. The molecule has 0 N–H and O–H groups in total. The maximum Gasteiger partial charge on any atom is 0.331 e. The second kappa shape index (κ2) is 5.15. The number of carbonyl (C=O) groups excluding carboxylic acids is 2. The highest BCUT2D eigenvalue weighted by atomic mass is 16.6. The van der Waals surface area contributed by atoms with Gasteiger partial charge in [-0.15, -0.1) is 0 Å². The lowest BCUT2D eigenvalue weighted by Crippen LogP contribution is -2.54. The van der Waals surface area contributed by atoms with Crippen molar-refractivity contribution in [3.8, 4) is 0 Å². The normalized spacial score (nSPS) is 46.5. The minimum atomic E-state index is -0.321. The monoisotopic (exact) mass is 366 g/mol. The second-order valence-corrected chi connectivity index (χ2v) is 10.3. The highest BCUT2D eigenvalue weighted by molar-refractivity contribution is 5.86. The van der Waals surface area contributed by atoms with E-state index in [9.17, 15) is 9.59 Å². The minimum Gasteiger partial charge on any atom is -0.450 e. The van der Waals surface area contributed by atoms with Gasteiger partial charge in [-0.3, -0.25) is 4.79 Å². The van der Waals surface area contributed by atoms with Crippen LogP contribution in [-0.4, -0.2) is 17.4 Å². The van der Waals surface area contributed by atoms with Gasteiger partial charge in [0.25, 0.3) is 0 Å². The Morgan fingerprint density at radius 3 is 2.67 bits per heavy atom. The van der Waals surface area contributed by atoms with Crippen molar-refractivity contribution in [3.63, 3.8) is 0 Å².